The topological polar surface area (TPSA) is 32.7 Å². The van der Waals surface area contributed by atoms with Crippen LogP contribution in [0.4, 0.5) is 0 Å². The number of likely N-dealkylation sites (N-methyl/N-ethyl adjacent to an activating group) is 1. The lowest BCUT2D eigenvalue weighted by Crippen LogP contribution is -2.29. The maximum atomic E-state index is 10.2. The number of halogens is 2. The summed E-state index contributed by atoms with van der Waals surface area (Å²) in [5, 5.41) is 11.1. The van der Waals surface area contributed by atoms with E-state index in [-0.39, 0.29) is 0 Å². The van der Waals surface area contributed by atoms with Crippen LogP contribution in [0, 0.1) is 0 Å². The molecule has 0 radical (unpaired) electrons. The molecule has 1 aromatic carbocycles. The van der Waals surface area contributed by atoms with Gasteiger partial charge in [0.2, 0.25) is 0 Å². The van der Waals surface area contributed by atoms with Crippen molar-refractivity contribution in [2.45, 2.75) is 19.4 Å². The first-order valence-electron chi connectivity index (χ1n) is 6.43. The van der Waals surface area contributed by atoms with Crippen LogP contribution >= 0.6 is 23.2 Å². The first-order chi connectivity index (χ1) is 9.10. The molecule has 0 aromatic heterocycles. The van der Waals surface area contributed by atoms with Gasteiger partial charge in [0.25, 0.3) is 0 Å². The summed E-state index contributed by atoms with van der Waals surface area (Å²) in [6.45, 7) is 5.38. The number of ether oxygens (including phenoxy) is 1. The van der Waals surface area contributed by atoms with Crippen molar-refractivity contribution in [3.63, 3.8) is 0 Å². The Labute approximate surface area is 125 Å². The lowest BCUT2D eigenvalue weighted by Gasteiger charge is -2.22. The second-order valence-corrected chi connectivity index (χ2v) is 5.16. The SMILES string of the molecule is CCN(CCOC)CCC(O)c1cccc(Cl)c1Cl. The molecule has 1 N–H and O–H groups in total. The van der Waals surface area contributed by atoms with E-state index >= 15 is 0 Å². The van der Waals surface area contributed by atoms with Crippen LogP contribution in [-0.2, 0) is 4.74 Å². The molecule has 1 aromatic rings. The van der Waals surface area contributed by atoms with Crippen molar-refractivity contribution in [1.82, 2.24) is 4.90 Å². The Kier molecular flexibility index (Phi) is 7.73. The quantitative estimate of drug-likeness (QED) is 0.799. The van der Waals surface area contributed by atoms with Gasteiger partial charge in [-0.25, -0.2) is 0 Å². The summed E-state index contributed by atoms with van der Waals surface area (Å²) >= 11 is 12.0. The van der Waals surface area contributed by atoms with Gasteiger partial charge in [0.1, 0.15) is 0 Å². The number of benzene rings is 1. The van der Waals surface area contributed by atoms with E-state index in [0.29, 0.717) is 28.6 Å². The van der Waals surface area contributed by atoms with Gasteiger partial charge in [-0.2, -0.15) is 0 Å². The molecule has 0 bridgehead atoms. The molecule has 1 rings (SSSR count). The van der Waals surface area contributed by atoms with E-state index in [0.717, 1.165) is 19.6 Å². The first kappa shape index (κ1) is 16.7. The Hall–Kier alpha value is -0.320. The van der Waals surface area contributed by atoms with Gasteiger partial charge in [0.15, 0.2) is 0 Å². The van der Waals surface area contributed by atoms with Crippen molar-refractivity contribution in [2.75, 3.05) is 33.4 Å². The molecule has 0 saturated heterocycles. The van der Waals surface area contributed by atoms with Crippen molar-refractivity contribution in [2.24, 2.45) is 0 Å². The van der Waals surface area contributed by atoms with E-state index in [1.807, 2.05) is 6.07 Å². The Morgan fingerprint density at radius 2 is 2.05 bits per heavy atom. The van der Waals surface area contributed by atoms with E-state index < -0.39 is 6.10 Å². The van der Waals surface area contributed by atoms with Gasteiger partial charge < -0.3 is 14.7 Å². The summed E-state index contributed by atoms with van der Waals surface area (Å²) in [6, 6.07) is 5.33. The molecule has 0 aliphatic rings. The van der Waals surface area contributed by atoms with Crippen LogP contribution in [0.25, 0.3) is 0 Å². The van der Waals surface area contributed by atoms with Crippen molar-refractivity contribution in [1.29, 1.82) is 0 Å². The molecule has 108 valence electrons. The highest BCUT2D eigenvalue weighted by atomic mass is 35.5. The fourth-order valence-corrected chi connectivity index (χ4v) is 2.32. The van der Waals surface area contributed by atoms with E-state index in [2.05, 4.69) is 11.8 Å². The normalized spacial score (nSPS) is 12.9. The number of aliphatic hydroxyl groups excluding tert-OH is 1. The summed E-state index contributed by atoms with van der Waals surface area (Å²) in [5.74, 6) is 0. The Balaban J connectivity index is 2.54. The zero-order chi connectivity index (χ0) is 14.3. The summed E-state index contributed by atoms with van der Waals surface area (Å²) in [4.78, 5) is 2.23. The van der Waals surface area contributed by atoms with Gasteiger partial charge in [0, 0.05) is 25.8 Å². The molecule has 0 aliphatic heterocycles. The summed E-state index contributed by atoms with van der Waals surface area (Å²) < 4.78 is 5.06. The average molecular weight is 306 g/mol. The predicted molar refractivity (Wildman–Crippen MR) is 80.0 cm³/mol. The van der Waals surface area contributed by atoms with Gasteiger partial charge in [-0.05, 0) is 19.0 Å². The Bertz CT molecular complexity index is 388. The monoisotopic (exact) mass is 305 g/mol. The van der Waals surface area contributed by atoms with Crippen LogP contribution in [0.1, 0.15) is 25.0 Å². The van der Waals surface area contributed by atoms with Gasteiger partial charge in [-0.15, -0.1) is 0 Å². The van der Waals surface area contributed by atoms with Crippen molar-refractivity contribution >= 4 is 23.2 Å². The largest absolute Gasteiger partial charge is 0.388 e. The van der Waals surface area contributed by atoms with Gasteiger partial charge in [-0.1, -0.05) is 42.3 Å². The average Bonchev–Trinajstić information content (AvgIpc) is 2.42. The van der Waals surface area contributed by atoms with E-state index in [4.69, 9.17) is 27.9 Å². The number of hydrogen-bond acceptors (Lipinski definition) is 3. The van der Waals surface area contributed by atoms with Crippen molar-refractivity contribution in [3.8, 4) is 0 Å². The number of nitrogens with zero attached hydrogens (tertiary/aromatic N) is 1. The summed E-state index contributed by atoms with van der Waals surface area (Å²) in [5.41, 5.74) is 0.692. The first-order valence-corrected chi connectivity index (χ1v) is 7.19. The molecule has 0 saturated carbocycles. The predicted octanol–water partition coefficient (Wildman–Crippen LogP) is 3.39. The highest BCUT2D eigenvalue weighted by Gasteiger charge is 2.14. The summed E-state index contributed by atoms with van der Waals surface area (Å²) in [6.07, 6.45) is 0.0280. The zero-order valence-corrected chi connectivity index (χ0v) is 12.9. The minimum atomic E-state index is -0.595. The van der Waals surface area contributed by atoms with Crippen LogP contribution in [-0.4, -0.2) is 43.4 Å². The molecule has 0 aliphatic carbocycles. The third-order valence-corrected chi connectivity index (χ3v) is 3.95. The second kappa shape index (κ2) is 8.77. The molecule has 0 heterocycles. The van der Waals surface area contributed by atoms with E-state index in [1.54, 1.807) is 19.2 Å². The van der Waals surface area contributed by atoms with Crippen LogP contribution in [0.3, 0.4) is 0 Å². The molecule has 1 atom stereocenters. The summed E-state index contributed by atoms with van der Waals surface area (Å²) in [7, 11) is 1.69. The third-order valence-electron chi connectivity index (χ3n) is 3.12. The molecule has 1 unspecified atom stereocenters. The number of methoxy groups -OCH3 is 1. The molecule has 3 nitrogen and oxygen atoms in total. The second-order valence-electron chi connectivity index (χ2n) is 4.37. The molecule has 19 heavy (non-hydrogen) atoms. The number of aliphatic hydroxyl groups is 1. The van der Waals surface area contributed by atoms with Crippen molar-refractivity contribution < 1.29 is 9.84 Å². The standard InChI is InChI=1S/C14H21Cl2NO2/c1-3-17(9-10-19-2)8-7-13(18)11-5-4-6-12(15)14(11)16/h4-6,13,18H,3,7-10H2,1-2H3. The smallest absolute Gasteiger partial charge is 0.0817 e. The molecule has 0 fully saturated rings. The highest BCUT2D eigenvalue weighted by Crippen LogP contribution is 2.31. The van der Waals surface area contributed by atoms with E-state index in [1.165, 1.54) is 0 Å². The lowest BCUT2D eigenvalue weighted by molar-refractivity contribution is 0.120. The molecule has 5 heteroatoms. The number of hydrogen-bond donors (Lipinski definition) is 1. The molecule has 0 amide bonds. The van der Waals surface area contributed by atoms with Crippen LogP contribution < -0.4 is 0 Å². The van der Waals surface area contributed by atoms with Crippen LogP contribution in [0.15, 0.2) is 18.2 Å². The lowest BCUT2D eigenvalue weighted by atomic mass is 10.1. The zero-order valence-electron chi connectivity index (χ0n) is 11.4. The Morgan fingerprint density at radius 3 is 2.68 bits per heavy atom. The van der Waals surface area contributed by atoms with Crippen LogP contribution in [0.2, 0.25) is 10.0 Å². The van der Waals surface area contributed by atoms with Gasteiger partial charge in [-0.3, -0.25) is 0 Å². The minimum Gasteiger partial charge on any atom is -0.388 e. The van der Waals surface area contributed by atoms with Crippen molar-refractivity contribution in [3.05, 3.63) is 33.8 Å². The molecular formula is C14H21Cl2NO2. The fraction of sp³-hybridized carbons (Fsp3) is 0.571. The molecular weight excluding hydrogens is 285 g/mol. The fourth-order valence-electron chi connectivity index (χ4n) is 1.89. The maximum absolute atomic E-state index is 10.2. The maximum Gasteiger partial charge on any atom is 0.0817 e. The van der Waals surface area contributed by atoms with Gasteiger partial charge >= 0.3 is 0 Å². The van der Waals surface area contributed by atoms with Gasteiger partial charge in [0.05, 0.1) is 22.8 Å². The third kappa shape index (κ3) is 5.28. The minimum absolute atomic E-state index is 0.441. The highest BCUT2D eigenvalue weighted by molar-refractivity contribution is 6.42. The van der Waals surface area contributed by atoms with Crippen LogP contribution in [0.5, 0.6) is 0 Å². The number of rotatable bonds is 8. The Morgan fingerprint density at radius 1 is 1.32 bits per heavy atom. The van der Waals surface area contributed by atoms with E-state index in [9.17, 15) is 5.11 Å². The molecule has 0 spiro atoms.